The Labute approximate surface area is 151 Å². The highest BCUT2D eigenvalue weighted by molar-refractivity contribution is 5.61. The largest absolute Gasteiger partial charge is 0.276 e. The van der Waals surface area contributed by atoms with E-state index >= 15 is 0 Å². The van der Waals surface area contributed by atoms with E-state index in [0.29, 0.717) is 11.8 Å². The van der Waals surface area contributed by atoms with Gasteiger partial charge in [-0.25, -0.2) is 9.50 Å². The molecule has 4 aromatic rings. The lowest BCUT2D eigenvalue weighted by Gasteiger charge is -2.05. The van der Waals surface area contributed by atoms with Gasteiger partial charge in [0.25, 0.3) is 0 Å². The summed E-state index contributed by atoms with van der Waals surface area (Å²) in [5.74, 6) is 0.999. The Morgan fingerprint density at radius 1 is 1.04 bits per heavy atom. The number of imidazole rings is 1. The monoisotopic (exact) mass is 347 g/mol. The molecule has 1 saturated carbocycles. The first kappa shape index (κ1) is 15.3. The molecule has 0 radical (unpaired) electrons. The van der Waals surface area contributed by atoms with E-state index in [1.165, 1.54) is 5.56 Å². The molecule has 0 amide bonds. The zero-order valence-corrected chi connectivity index (χ0v) is 15.4. The molecular weight excluding hydrogens is 326 g/mol. The van der Waals surface area contributed by atoms with Crippen LogP contribution in [0.2, 0.25) is 0 Å². The van der Waals surface area contributed by atoms with Gasteiger partial charge < -0.3 is 0 Å². The van der Waals surface area contributed by atoms with E-state index in [4.69, 9.17) is 10.2 Å². The summed E-state index contributed by atoms with van der Waals surface area (Å²) in [6.07, 6.45) is 7.06. The second kappa shape index (κ2) is 5.27. The zero-order chi connectivity index (χ0) is 18.0. The molecule has 4 aromatic heterocycles. The summed E-state index contributed by atoms with van der Waals surface area (Å²) < 4.78 is 5.71. The van der Waals surface area contributed by atoms with Gasteiger partial charge in [0.05, 0.1) is 29.5 Å². The molecule has 2 unspecified atom stereocenters. The lowest BCUT2D eigenvalue weighted by atomic mass is 10.1. The Morgan fingerprint density at radius 2 is 1.88 bits per heavy atom. The first-order valence-corrected chi connectivity index (χ1v) is 8.86. The highest BCUT2D eigenvalue weighted by atomic mass is 15.3. The van der Waals surface area contributed by atoms with Gasteiger partial charge in [-0.15, -0.1) is 0 Å². The third-order valence-corrected chi connectivity index (χ3v) is 5.31. The van der Waals surface area contributed by atoms with Crippen molar-refractivity contribution < 1.29 is 0 Å². The predicted molar refractivity (Wildman–Crippen MR) is 98.0 cm³/mol. The van der Waals surface area contributed by atoms with E-state index in [1.807, 2.05) is 47.3 Å². The molecule has 0 aliphatic heterocycles. The number of nitrogens with zero attached hydrogens (tertiary/aromatic N) is 7. The first-order valence-electron chi connectivity index (χ1n) is 8.86. The van der Waals surface area contributed by atoms with Crippen molar-refractivity contribution in [1.82, 2.24) is 34.2 Å². The lowest BCUT2D eigenvalue weighted by Crippen LogP contribution is -2.02. The molecule has 1 fully saturated rings. The Kier molecular flexibility index (Phi) is 3.10. The van der Waals surface area contributed by atoms with Crippen LogP contribution in [-0.4, -0.2) is 34.2 Å². The second-order valence-electron chi connectivity index (χ2n) is 7.32. The van der Waals surface area contributed by atoms with Crippen molar-refractivity contribution in [3.8, 4) is 11.4 Å². The molecule has 1 aliphatic carbocycles. The maximum Gasteiger partial charge on any atom is 0.156 e. The van der Waals surface area contributed by atoms with E-state index < -0.39 is 0 Å². The SMILES string of the molecule is Cc1cc(-c2cc(C3CC3c3cnn(C)c3)nn2C)nn2c(C)cnc12. The fourth-order valence-corrected chi connectivity index (χ4v) is 3.79. The van der Waals surface area contributed by atoms with Gasteiger partial charge in [0, 0.05) is 26.2 Å². The number of aryl methyl sites for hydroxylation is 4. The fraction of sp³-hybridized carbons (Fsp3) is 0.368. The third kappa shape index (κ3) is 2.27. The topological polar surface area (TPSA) is 65.8 Å². The molecule has 7 heteroatoms. The molecule has 2 atom stereocenters. The summed E-state index contributed by atoms with van der Waals surface area (Å²) >= 11 is 0. The molecule has 0 spiro atoms. The van der Waals surface area contributed by atoms with Crippen molar-refractivity contribution >= 4 is 5.65 Å². The van der Waals surface area contributed by atoms with Crippen LogP contribution in [0.3, 0.4) is 0 Å². The van der Waals surface area contributed by atoms with Crippen LogP contribution in [0, 0.1) is 13.8 Å². The van der Waals surface area contributed by atoms with Gasteiger partial charge >= 0.3 is 0 Å². The minimum absolute atomic E-state index is 0.471. The van der Waals surface area contributed by atoms with Crippen molar-refractivity contribution in [2.75, 3.05) is 0 Å². The van der Waals surface area contributed by atoms with Crippen molar-refractivity contribution in [3.05, 3.63) is 53.2 Å². The summed E-state index contributed by atoms with van der Waals surface area (Å²) in [6, 6.07) is 4.27. The van der Waals surface area contributed by atoms with Crippen LogP contribution in [0.4, 0.5) is 0 Å². The molecule has 26 heavy (non-hydrogen) atoms. The highest BCUT2D eigenvalue weighted by Gasteiger charge is 2.42. The normalized spacial score (nSPS) is 19.4. The zero-order valence-electron chi connectivity index (χ0n) is 15.4. The number of aromatic nitrogens is 7. The van der Waals surface area contributed by atoms with Crippen molar-refractivity contribution in [1.29, 1.82) is 0 Å². The average molecular weight is 347 g/mol. The maximum atomic E-state index is 4.78. The van der Waals surface area contributed by atoms with Gasteiger partial charge in [-0.1, -0.05) is 0 Å². The Balaban J connectivity index is 1.51. The highest BCUT2D eigenvalue weighted by Crippen LogP contribution is 2.54. The maximum absolute atomic E-state index is 4.78. The molecule has 7 nitrogen and oxygen atoms in total. The van der Waals surface area contributed by atoms with Crippen molar-refractivity contribution in [2.24, 2.45) is 14.1 Å². The standard InChI is InChI=1S/C19H21N7/c1-11-5-17(23-26-12(2)8-20-19(11)26)18-7-16(22-25(18)4)15-6-14(15)13-9-21-24(3)10-13/h5,7-10,14-15H,6H2,1-4H3. The van der Waals surface area contributed by atoms with Crippen molar-refractivity contribution in [3.63, 3.8) is 0 Å². The Hall–Kier alpha value is -2.96. The average Bonchev–Trinajstić information content (AvgIpc) is 2.91. The van der Waals surface area contributed by atoms with E-state index in [0.717, 1.165) is 40.4 Å². The minimum atomic E-state index is 0.471. The van der Waals surface area contributed by atoms with Gasteiger partial charge in [0.1, 0.15) is 5.69 Å². The second-order valence-corrected chi connectivity index (χ2v) is 7.32. The smallest absolute Gasteiger partial charge is 0.156 e. The summed E-state index contributed by atoms with van der Waals surface area (Å²) in [7, 11) is 3.95. The van der Waals surface area contributed by atoms with Crippen molar-refractivity contribution in [2.45, 2.75) is 32.1 Å². The van der Waals surface area contributed by atoms with Gasteiger partial charge in [-0.2, -0.15) is 15.3 Å². The van der Waals surface area contributed by atoms with E-state index in [1.54, 1.807) is 0 Å². The minimum Gasteiger partial charge on any atom is -0.276 e. The van der Waals surface area contributed by atoms with E-state index in [-0.39, 0.29) is 0 Å². The van der Waals surface area contributed by atoms with Gasteiger partial charge in [-0.05, 0) is 49.4 Å². The molecule has 0 aromatic carbocycles. The van der Waals surface area contributed by atoms with Gasteiger partial charge in [0.15, 0.2) is 5.65 Å². The molecule has 5 rings (SSSR count). The van der Waals surface area contributed by atoms with Crippen LogP contribution >= 0.6 is 0 Å². The molecule has 0 N–H and O–H groups in total. The molecule has 1 aliphatic rings. The van der Waals surface area contributed by atoms with Crippen LogP contribution < -0.4 is 0 Å². The lowest BCUT2D eigenvalue weighted by molar-refractivity contribution is 0.741. The quantitative estimate of drug-likeness (QED) is 0.571. The number of rotatable bonds is 3. The van der Waals surface area contributed by atoms with Gasteiger partial charge in [0.2, 0.25) is 0 Å². The molecular formula is C19H21N7. The number of fused-ring (bicyclic) bond motifs is 1. The molecule has 132 valence electrons. The number of hydrogen-bond donors (Lipinski definition) is 0. The van der Waals surface area contributed by atoms with E-state index in [2.05, 4.69) is 35.3 Å². The van der Waals surface area contributed by atoms with Crippen LogP contribution in [0.25, 0.3) is 17.0 Å². The summed E-state index contributed by atoms with van der Waals surface area (Å²) in [4.78, 5) is 4.43. The van der Waals surface area contributed by atoms with Crippen LogP contribution in [-0.2, 0) is 14.1 Å². The van der Waals surface area contributed by atoms with E-state index in [9.17, 15) is 0 Å². The molecule has 4 heterocycles. The summed E-state index contributed by atoms with van der Waals surface area (Å²) in [5.41, 5.74) is 7.46. The first-order chi connectivity index (χ1) is 12.5. The van der Waals surface area contributed by atoms with Crippen LogP contribution in [0.5, 0.6) is 0 Å². The molecule has 0 bridgehead atoms. The Morgan fingerprint density at radius 3 is 2.65 bits per heavy atom. The Bertz CT molecular complexity index is 1130. The predicted octanol–water partition coefficient (Wildman–Crippen LogP) is 2.75. The van der Waals surface area contributed by atoms with Gasteiger partial charge in [-0.3, -0.25) is 9.36 Å². The fourth-order valence-electron chi connectivity index (χ4n) is 3.79. The van der Waals surface area contributed by atoms with Crippen LogP contribution in [0.15, 0.2) is 30.7 Å². The third-order valence-electron chi connectivity index (χ3n) is 5.31. The van der Waals surface area contributed by atoms with Crippen LogP contribution in [0.1, 0.15) is 40.8 Å². The molecule has 0 saturated heterocycles. The summed E-state index contributed by atoms with van der Waals surface area (Å²) in [5, 5.41) is 13.8. The number of hydrogen-bond acceptors (Lipinski definition) is 4. The summed E-state index contributed by atoms with van der Waals surface area (Å²) in [6.45, 7) is 4.09.